The summed E-state index contributed by atoms with van der Waals surface area (Å²) in [5.41, 5.74) is 5.78. The maximum Gasteiger partial charge on any atom is 0.341 e. The van der Waals surface area contributed by atoms with Crippen molar-refractivity contribution in [2.24, 2.45) is 0 Å². The summed E-state index contributed by atoms with van der Waals surface area (Å²) in [7, 11) is 0. The molecule has 0 spiro atoms. The van der Waals surface area contributed by atoms with Gasteiger partial charge in [-0.15, -0.1) is 0 Å². The van der Waals surface area contributed by atoms with E-state index in [4.69, 9.17) is 45.3 Å². The summed E-state index contributed by atoms with van der Waals surface area (Å²) in [6.45, 7) is 2.17. The first-order valence-corrected chi connectivity index (χ1v) is 5.72. The van der Waals surface area contributed by atoms with E-state index in [0.717, 1.165) is 0 Å². The number of ether oxygens (including phenoxy) is 1. The van der Waals surface area contributed by atoms with Crippen LogP contribution in [0, 0.1) is 0 Å². The minimum absolute atomic E-state index is 0.0155. The van der Waals surface area contributed by atoms with Crippen LogP contribution in [0.2, 0.25) is 15.1 Å². The highest BCUT2D eigenvalue weighted by Gasteiger charge is 2.20. The first-order chi connectivity index (χ1) is 7.49. The first kappa shape index (κ1) is 13.4. The molecule has 0 aromatic heterocycles. The van der Waals surface area contributed by atoms with Gasteiger partial charge in [-0.05, 0) is 12.5 Å². The summed E-state index contributed by atoms with van der Waals surface area (Å²) in [5, 5.41) is 0.296. The van der Waals surface area contributed by atoms with Crippen LogP contribution >= 0.6 is 34.8 Å². The summed E-state index contributed by atoms with van der Waals surface area (Å²) in [6.07, 6.45) is 0.705. The largest absolute Gasteiger partial charge is 0.462 e. The molecule has 0 aliphatic heterocycles. The fraction of sp³-hybridized carbons (Fsp3) is 0.300. The quantitative estimate of drug-likeness (QED) is 0.521. The van der Waals surface area contributed by atoms with E-state index in [1.54, 1.807) is 0 Å². The molecule has 0 saturated carbocycles. The van der Waals surface area contributed by atoms with Crippen molar-refractivity contribution in [1.29, 1.82) is 0 Å². The van der Waals surface area contributed by atoms with E-state index in [9.17, 15) is 4.79 Å². The van der Waals surface area contributed by atoms with E-state index in [1.165, 1.54) is 6.07 Å². The SMILES string of the molecule is CCCOC(=O)c1c(Cl)c(N)cc(Cl)c1Cl. The normalized spacial score (nSPS) is 10.2. The highest BCUT2D eigenvalue weighted by molar-refractivity contribution is 6.47. The molecule has 0 aliphatic rings. The van der Waals surface area contributed by atoms with Crippen molar-refractivity contribution in [2.45, 2.75) is 13.3 Å². The van der Waals surface area contributed by atoms with Gasteiger partial charge in [0, 0.05) is 0 Å². The molecule has 0 unspecified atom stereocenters. The van der Waals surface area contributed by atoms with E-state index in [-0.39, 0.29) is 32.9 Å². The lowest BCUT2D eigenvalue weighted by molar-refractivity contribution is 0.0505. The highest BCUT2D eigenvalue weighted by atomic mass is 35.5. The number of nitrogens with two attached hydrogens (primary N) is 1. The van der Waals surface area contributed by atoms with E-state index in [2.05, 4.69) is 0 Å². The Balaban J connectivity index is 3.16. The second-order valence-corrected chi connectivity index (χ2v) is 4.25. The molecule has 0 amide bonds. The van der Waals surface area contributed by atoms with Crippen molar-refractivity contribution in [2.75, 3.05) is 12.3 Å². The van der Waals surface area contributed by atoms with Crippen LogP contribution in [0.1, 0.15) is 23.7 Å². The molecule has 2 N–H and O–H groups in total. The molecule has 3 nitrogen and oxygen atoms in total. The third-order valence-corrected chi connectivity index (χ3v) is 3.02. The van der Waals surface area contributed by atoms with Crippen LogP contribution in [0.3, 0.4) is 0 Å². The first-order valence-electron chi connectivity index (χ1n) is 4.59. The Bertz CT molecular complexity index is 395. The van der Waals surface area contributed by atoms with Gasteiger partial charge in [0.2, 0.25) is 0 Å². The predicted molar refractivity (Wildman–Crippen MR) is 66.5 cm³/mol. The van der Waals surface area contributed by atoms with Gasteiger partial charge in [-0.2, -0.15) is 0 Å². The Morgan fingerprint density at radius 2 is 2.00 bits per heavy atom. The molecule has 0 fully saturated rings. The number of anilines is 1. The number of hydrogen-bond donors (Lipinski definition) is 1. The van der Waals surface area contributed by atoms with E-state index < -0.39 is 5.97 Å². The molecule has 0 aliphatic carbocycles. The van der Waals surface area contributed by atoms with Crippen LogP contribution in [0.15, 0.2) is 6.07 Å². The lowest BCUT2D eigenvalue weighted by Crippen LogP contribution is -2.08. The van der Waals surface area contributed by atoms with Crippen LogP contribution < -0.4 is 5.73 Å². The van der Waals surface area contributed by atoms with Gasteiger partial charge in [-0.3, -0.25) is 0 Å². The maximum absolute atomic E-state index is 11.6. The van der Waals surface area contributed by atoms with Crippen molar-refractivity contribution >= 4 is 46.5 Å². The van der Waals surface area contributed by atoms with Gasteiger partial charge < -0.3 is 10.5 Å². The fourth-order valence-electron chi connectivity index (χ4n) is 1.07. The molecule has 0 heterocycles. The second kappa shape index (κ2) is 5.62. The molecular formula is C10H10Cl3NO2. The number of benzene rings is 1. The molecule has 1 rings (SSSR count). The standard InChI is InChI=1S/C10H10Cl3NO2/c1-2-3-16-10(15)7-8(12)5(11)4-6(14)9(7)13/h4H,2-3,14H2,1H3. The predicted octanol–water partition coefficient (Wildman–Crippen LogP) is 3.80. The fourth-order valence-corrected chi connectivity index (χ4v) is 1.78. The molecule has 1 aromatic carbocycles. The average Bonchev–Trinajstić information content (AvgIpc) is 2.24. The number of esters is 1. The van der Waals surface area contributed by atoms with Crippen LogP contribution in [0.5, 0.6) is 0 Å². The van der Waals surface area contributed by atoms with E-state index in [1.807, 2.05) is 6.92 Å². The minimum atomic E-state index is -0.619. The van der Waals surface area contributed by atoms with Gasteiger partial charge in [0.05, 0.1) is 27.4 Å². The Hall–Kier alpha value is -0.640. The van der Waals surface area contributed by atoms with Crippen molar-refractivity contribution in [3.05, 3.63) is 26.7 Å². The molecule has 0 atom stereocenters. The topological polar surface area (TPSA) is 52.3 Å². The Kier molecular flexibility index (Phi) is 4.71. The van der Waals surface area contributed by atoms with Crippen molar-refractivity contribution < 1.29 is 9.53 Å². The van der Waals surface area contributed by atoms with E-state index in [0.29, 0.717) is 6.42 Å². The lowest BCUT2D eigenvalue weighted by atomic mass is 10.2. The average molecular weight is 283 g/mol. The van der Waals surface area contributed by atoms with Crippen LogP contribution in [0.4, 0.5) is 5.69 Å². The summed E-state index contributed by atoms with van der Waals surface area (Å²) < 4.78 is 4.93. The molecule has 16 heavy (non-hydrogen) atoms. The zero-order valence-electron chi connectivity index (χ0n) is 8.52. The number of nitrogen functional groups attached to an aromatic ring is 1. The molecule has 0 bridgehead atoms. The van der Waals surface area contributed by atoms with Gasteiger partial charge >= 0.3 is 5.97 Å². The highest BCUT2D eigenvalue weighted by Crippen LogP contribution is 2.36. The van der Waals surface area contributed by atoms with E-state index >= 15 is 0 Å². The van der Waals surface area contributed by atoms with Gasteiger partial charge in [-0.1, -0.05) is 41.7 Å². The van der Waals surface area contributed by atoms with Gasteiger partial charge in [0.15, 0.2) is 0 Å². The number of rotatable bonds is 3. The maximum atomic E-state index is 11.6. The smallest absolute Gasteiger partial charge is 0.341 e. The Morgan fingerprint density at radius 3 is 2.56 bits per heavy atom. The van der Waals surface area contributed by atoms with Gasteiger partial charge in [0.25, 0.3) is 0 Å². The molecule has 0 radical (unpaired) electrons. The molecule has 1 aromatic rings. The molecule has 88 valence electrons. The van der Waals surface area contributed by atoms with Crippen molar-refractivity contribution in [3.8, 4) is 0 Å². The van der Waals surface area contributed by atoms with Crippen molar-refractivity contribution in [3.63, 3.8) is 0 Å². The number of halogens is 3. The number of carbonyl (C=O) groups excluding carboxylic acids is 1. The third kappa shape index (κ3) is 2.73. The van der Waals surface area contributed by atoms with Crippen molar-refractivity contribution in [1.82, 2.24) is 0 Å². The summed E-state index contributed by atoms with van der Waals surface area (Å²) in [5.74, 6) is -0.619. The number of hydrogen-bond acceptors (Lipinski definition) is 3. The summed E-state index contributed by atoms with van der Waals surface area (Å²) >= 11 is 17.5. The Morgan fingerprint density at radius 1 is 1.38 bits per heavy atom. The van der Waals surface area contributed by atoms with Gasteiger partial charge in [0.1, 0.15) is 5.56 Å². The summed E-state index contributed by atoms with van der Waals surface area (Å²) in [6, 6.07) is 1.39. The monoisotopic (exact) mass is 281 g/mol. The minimum Gasteiger partial charge on any atom is -0.462 e. The molecule has 0 saturated heterocycles. The second-order valence-electron chi connectivity index (χ2n) is 3.09. The zero-order valence-corrected chi connectivity index (χ0v) is 10.8. The third-order valence-electron chi connectivity index (χ3n) is 1.83. The molecular weight excluding hydrogens is 272 g/mol. The lowest BCUT2D eigenvalue weighted by Gasteiger charge is -2.10. The molecule has 6 heteroatoms. The zero-order chi connectivity index (χ0) is 12.3. The number of carbonyl (C=O) groups is 1. The Labute approximate surface area is 108 Å². The van der Waals surface area contributed by atoms with Crippen LogP contribution in [0.25, 0.3) is 0 Å². The van der Waals surface area contributed by atoms with Gasteiger partial charge in [-0.25, -0.2) is 4.79 Å². The summed E-state index contributed by atoms with van der Waals surface area (Å²) in [4.78, 5) is 11.6. The van der Waals surface area contributed by atoms with Crippen LogP contribution in [-0.4, -0.2) is 12.6 Å². The van der Waals surface area contributed by atoms with Crippen LogP contribution in [-0.2, 0) is 4.74 Å².